The Morgan fingerprint density at radius 3 is 2.82 bits per heavy atom. The predicted octanol–water partition coefficient (Wildman–Crippen LogP) is 3.19. The molecule has 0 saturated heterocycles. The van der Waals surface area contributed by atoms with Gasteiger partial charge in [0.15, 0.2) is 5.16 Å². The number of aryl methyl sites for hydroxylation is 1. The fraction of sp³-hybridized carbons (Fsp3) is 0.167. The van der Waals surface area contributed by atoms with E-state index in [0.717, 1.165) is 25.8 Å². The lowest BCUT2D eigenvalue weighted by molar-refractivity contribution is 0.281. The van der Waals surface area contributed by atoms with Crippen LogP contribution in [0.4, 0.5) is 0 Å². The first-order chi connectivity index (χ1) is 8.19. The van der Waals surface area contributed by atoms with Crippen LogP contribution >= 0.6 is 27.7 Å². The molecule has 1 aromatic carbocycles. The van der Waals surface area contributed by atoms with Crippen molar-refractivity contribution in [3.05, 3.63) is 46.2 Å². The van der Waals surface area contributed by atoms with Gasteiger partial charge in [-0.2, -0.15) is 0 Å². The van der Waals surface area contributed by atoms with Gasteiger partial charge >= 0.3 is 0 Å². The molecule has 0 aliphatic carbocycles. The van der Waals surface area contributed by atoms with E-state index in [1.165, 1.54) is 11.8 Å². The molecular formula is C12H11BrN2OS. The van der Waals surface area contributed by atoms with Crippen LogP contribution in [0.25, 0.3) is 0 Å². The van der Waals surface area contributed by atoms with Crippen LogP contribution in [0.5, 0.6) is 0 Å². The third-order valence-corrected chi connectivity index (χ3v) is 4.03. The fourth-order valence-corrected chi connectivity index (χ4v) is 2.76. The van der Waals surface area contributed by atoms with E-state index < -0.39 is 0 Å². The van der Waals surface area contributed by atoms with Crippen molar-refractivity contribution >= 4 is 27.7 Å². The molecule has 0 atom stereocenters. The second-order valence-corrected chi connectivity index (χ2v) is 5.37. The number of halogens is 1. The van der Waals surface area contributed by atoms with Gasteiger partial charge in [0.1, 0.15) is 0 Å². The van der Waals surface area contributed by atoms with Crippen LogP contribution in [0.1, 0.15) is 11.3 Å². The van der Waals surface area contributed by atoms with Gasteiger partial charge in [0.05, 0.1) is 6.61 Å². The van der Waals surface area contributed by atoms with Crippen molar-refractivity contribution in [2.75, 3.05) is 0 Å². The van der Waals surface area contributed by atoms with E-state index in [1.807, 2.05) is 31.2 Å². The van der Waals surface area contributed by atoms with Gasteiger partial charge in [0.2, 0.25) is 0 Å². The van der Waals surface area contributed by atoms with E-state index in [-0.39, 0.29) is 6.61 Å². The summed E-state index contributed by atoms with van der Waals surface area (Å²) in [5, 5.41) is 9.75. The molecule has 0 unspecified atom stereocenters. The summed E-state index contributed by atoms with van der Waals surface area (Å²) in [5.74, 6) is 0. The van der Waals surface area contributed by atoms with E-state index in [2.05, 4.69) is 25.9 Å². The first-order valence-corrected chi connectivity index (χ1v) is 6.67. The summed E-state index contributed by atoms with van der Waals surface area (Å²) < 4.78 is 0.944. The van der Waals surface area contributed by atoms with Gasteiger partial charge in [0, 0.05) is 21.3 Å². The summed E-state index contributed by atoms with van der Waals surface area (Å²) in [6.45, 7) is 1.99. The number of aliphatic hydroxyl groups excluding tert-OH is 1. The zero-order valence-electron chi connectivity index (χ0n) is 9.22. The molecule has 0 radical (unpaired) electrons. The van der Waals surface area contributed by atoms with Crippen LogP contribution in [0, 0.1) is 6.92 Å². The largest absolute Gasteiger partial charge is 0.392 e. The average Bonchev–Trinajstić information content (AvgIpc) is 2.32. The molecule has 0 spiro atoms. The Morgan fingerprint density at radius 2 is 2.18 bits per heavy atom. The summed E-state index contributed by atoms with van der Waals surface area (Å²) in [6, 6.07) is 7.61. The molecule has 5 heteroatoms. The van der Waals surface area contributed by atoms with Crippen LogP contribution in [0.15, 0.2) is 45.0 Å². The summed E-state index contributed by atoms with van der Waals surface area (Å²) >= 11 is 4.97. The topological polar surface area (TPSA) is 46.0 Å². The van der Waals surface area contributed by atoms with Crippen molar-refractivity contribution in [3.63, 3.8) is 0 Å². The normalized spacial score (nSPS) is 10.5. The van der Waals surface area contributed by atoms with Crippen LogP contribution < -0.4 is 0 Å². The van der Waals surface area contributed by atoms with E-state index in [0.29, 0.717) is 0 Å². The smallest absolute Gasteiger partial charge is 0.192 e. The third kappa shape index (κ3) is 3.28. The third-order valence-electron chi connectivity index (χ3n) is 2.15. The molecule has 1 aromatic heterocycles. The number of hydrogen-bond acceptors (Lipinski definition) is 4. The molecular weight excluding hydrogens is 300 g/mol. The lowest BCUT2D eigenvalue weighted by Gasteiger charge is -2.05. The molecule has 0 amide bonds. The van der Waals surface area contributed by atoms with Gasteiger partial charge in [0.25, 0.3) is 0 Å². The van der Waals surface area contributed by atoms with Gasteiger partial charge in [-0.05, 0) is 58.4 Å². The molecule has 1 N–H and O–H groups in total. The van der Waals surface area contributed by atoms with Crippen molar-refractivity contribution in [3.8, 4) is 0 Å². The number of benzene rings is 1. The van der Waals surface area contributed by atoms with Gasteiger partial charge < -0.3 is 5.11 Å². The van der Waals surface area contributed by atoms with Crippen LogP contribution in [-0.4, -0.2) is 15.1 Å². The highest BCUT2D eigenvalue weighted by atomic mass is 79.9. The van der Waals surface area contributed by atoms with Crippen LogP contribution in [0.2, 0.25) is 0 Å². The Bertz CT molecular complexity index is 534. The van der Waals surface area contributed by atoms with Crippen molar-refractivity contribution in [1.82, 2.24) is 9.97 Å². The van der Waals surface area contributed by atoms with Gasteiger partial charge in [-0.3, -0.25) is 0 Å². The lowest BCUT2D eigenvalue weighted by Crippen LogP contribution is -1.89. The second-order valence-electron chi connectivity index (χ2n) is 3.51. The molecule has 0 aliphatic rings. The molecule has 88 valence electrons. The Morgan fingerprint density at radius 1 is 1.35 bits per heavy atom. The Hall–Kier alpha value is -0.910. The number of aromatic nitrogens is 2. The summed E-state index contributed by atoms with van der Waals surface area (Å²) in [4.78, 5) is 9.57. The fourth-order valence-electron chi connectivity index (χ4n) is 1.30. The van der Waals surface area contributed by atoms with E-state index in [1.54, 1.807) is 6.20 Å². The maximum absolute atomic E-state index is 9.03. The van der Waals surface area contributed by atoms with Crippen molar-refractivity contribution in [2.24, 2.45) is 0 Å². The summed E-state index contributed by atoms with van der Waals surface area (Å²) in [7, 11) is 0. The SMILES string of the molecule is Cc1ccnc(Sc2ccc(CO)cc2Br)n1. The van der Waals surface area contributed by atoms with Crippen molar-refractivity contribution in [1.29, 1.82) is 0 Å². The first kappa shape index (κ1) is 12.5. The van der Waals surface area contributed by atoms with Crippen LogP contribution in [0.3, 0.4) is 0 Å². The Kier molecular flexibility index (Phi) is 4.15. The molecule has 0 saturated carbocycles. The molecule has 0 bridgehead atoms. The average molecular weight is 311 g/mol. The summed E-state index contributed by atoms with van der Waals surface area (Å²) in [6.07, 6.45) is 1.75. The van der Waals surface area contributed by atoms with Gasteiger partial charge in [-0.25, -0.2) is 9.97 Å². The highest BCUT2D eigenvalue weighted by molar-refractivity contribution is 9.10. The van der Waals surface area contributed by atoms with Crippen molar-refractivity contribution < 1.29 is 5.11 Å². The minimum absolute atomic E-state index is 0.0461. The number of hydrogen-bond donors (Lipinski definition) is 1. The zero-order chi connectivity index (χ0) is 12.3. The number of rotatable bonds is 3. The lowest BCUT2D eigenvalue weighted by atomic mass is 10.2. The quantitative estimate of drug-likeness (QED) is 0.884. The highest BCUT2D eigenvalue weighted by Gasteiger charge is 2.05. The highest BCUT2D eigenvalue weighted by Crippen LogP contribution is 2.32. The zero-order valence-corrected chi connectivity index (χ0v) is 11.6. The molecule has 0 fully saturated rings. The minimum atomic E-state index is 0.0461. The molecule has 2 rings (SSSR count). The predicted molar refractivity (Wildman–Crippen MR) is 71.0 cm³/mol. The van der Waals surface area contributed by atoms with E-state index >= 15 is 0 Å². The van der Waals surface area contributed by atoms with E-state index in [4.69, 9.17) is 5.11 Å². The van der Waals surface area contributed by atoms with E-state index in [9.17, 15) is 0 Å². The Balaban J connectivity index is 2.24. The monoisotopic (exact) mass is 310 g/mol. The standard InChI is InChI=1S/C12H11BrN2OS/c1-8-4-5-14-12(15-8)17-11-3-2-9(7-16)6-10(11)13/h2-6,16H,7H2,1H3. The van der Waals surface area contributed by atoms with Crippen LogP contribution in [-0.2, 0) is 6.61 Å². The van der Waals surface area contributed by atoms with Crippen molar-refractivity contribution in [2.45, 2.75) is 23.6 Å². The number of nitrogens with zero attached hydrogens (tertiary/aromatic N) is 2. The number of aliphatic hydroxyl groups is 1. The Labute approximate surface area is 112 Å². The molecule has 3 nitrogen and oxygen atoms in total. The minimum Gasteiger partial charge on any atom is -0.392 e. The molecule has 17 heavy (non-hydrogen) atoms. The molecule has 2 aromatic rings. The second kappa shape index (κ2) is 5.62. The maximum atomic E-state index is 9.03. The maximum Gasteiger partial charge on any atom is 0.192 e. The van der Waals surface area contributed by atoms with Gasteiger partial charge in [-0.15, -0.1) is 0 Å². The molecule has 1 heterocycles. The first-order valence-electron chi connectivity index (χ1n) is 5.06. The summed E-state index contributed by atoms with van der Waals surface area (Å²) in [5.41, 5.74) is 1.83. The molecule has 0 aliphatic heterocycles. The van der Waals surface area contributed by atoms with Gasteiger partial charge in [-0.1, -0.05) is 6.07 Å².